The Balaban J connectivity index is 1.11. The fourth-order valence-corrected chi connectivity index (χ4v) is 7.62. The van der Waals surface area contributed by atoms with Gasteiger partial charge in [0.15, 0.2) is 5.13 Å². The van der Waals surface area contributed by atoms with Gasteiger partial charge in [0.1, 0.15) is 28.8 Å². The van der Waals surface area contributed by atoms with Crippen molar-refractivity contribution in [2.24, 2.45) is 0 Å². The minimum absolute atomic E-state index is 0.0739. The Morgan fingerprint density at radius 3 is 2.59 bits per heavy atom. The fraction of sp³-hybridized carbons (Fsp3) is 0.419. The molecule has 9 nitrogen and oxygen atoms in total. The van der Waals surface area contributed by atoms with Crippen LogP contribution >= 0.6 is 11.3 Å². The molecule has 2 aromatic heterocycles. The summed E-state index contributed by atoms with van der Waals surface area (Å²) in [4.78, 5) is 19.3. The highest BCUT2D eigenvalue weighted by Crippen LogP contribution is 2.47. The zero-order valence-corrected chi connectivity index (χ0v) is 24.4. The van der Waals surface area contributed by atoms with Gasteiger partial charge in [-0.05, 0) is 62.8 Å². The van der Waals surface area contributed by atoms with Gasteiger partial charge in [-0.1, -0.05) is 28.6 Å². The Morgan fingerprint density at radius 2 is 1.91 bits per heavy atom. The summed E-state index contributed by atoms with van der Waals surface area (Å²) in [6, 6.07) is 11.7. The first-order chi connectivity index (χ1) is 21.2. The van der Waals surface area contributed by atoms with Crippen molar-refractivity contribution in [2.75, 3.05) is 12.0 Å². The van der Waals surface area contributed by atoms with E-state index >= 15 is 0 Å². The number of halogens is 3. The van der Waals surface area contributed by atoms with E-state index in [-0.39, 0.29) is 42.0 Å². The van der Waals surface area contributed by atoms with Crippen LogP contribution in [0.4, 0.5) is 18.3 Å². The number of methoxy groups -OCH3 is 1. The van der Waals surface area contributed by atoms with E-state index in [0.29, 0.717) is 33.7 Å². The summed E-state index contributed by atoms with van der Waals surface area (Å²) in [5.41, 5.74) is 2.39. The van der Waals surface area contributed by atoms with Crippen LogP contribution in [0, 0.1) is 11.3 Å². The van der Waals surface area contributed by atoms with E-state index < -0.39 is 12.3 Å². The van der Waals surface area contributed by atoms with Crippen molar-refractivity contribution in [3.63, 3.8) is 0 Å². The smallest absolute Gasteiger partial charge is 0.465 e. The van der Waals surface area contributed by atoms with Crippen molar-refractivity contribution in [1.82, 2.24) is 10.1 Å². The first-order valence-corrected chi connectivity index (χ1v) is 15.2. The number of hydrogen-bond acceptors (Lipinski definition) is 10. The average molecular weight is 625 g/mol. The molecule has 228 valence electrons. The van der Waals surface area contributed by atoms with E-state index in [2.05, 4.69) is 20.9 Å². The van der Waals surface area contributed by atoms with Gasteiger partial charge in [0.2, 0.25) is 0 Å². The largest absolute Gasteiger partial charge is 0.573 e. The summed E-state index contributed by atoms with van der Waals surface area (Å²) < 4.78 is 61.4. The Kier molecular flexibility index (Phi) is 7.21. The molecule has 0 amide bonds. The van der Waals surface area contributed by atoms with Gasteiger partial charge in [0.25, 0.3) is 0 Å². The molecule has 3 fully saturated rings. The molecule has 3 aliphatic rings. The molecule has 4 heterocycles. The molecular weight excluding hydrogens is 597 g/mol. The van der Waals surface area contributed by atoms with Gasteiger partial charge in [-0.3, -0.25) is 0 Å². The minimum atomic E-state index is -4.84. The third-order valence-electron chi connectivity index (χ3n) is 8.53. The molecule has 2 bridgehead atoms. The summed E-state index contributed by atoms with van der Waals surface area (Å²) in [7, 11) is 1.30. The maximum absolute atomic E-state index is 13.1. The predicted octanol–water partition coefficient (Wildman–Crippen LogP) is 7.10. The molecule has 7 rings (SSSR count). The Morgan fingerprint density at radius 1 is 1.16 bits per heavy atom. The molecule has 0 N–H and O–H groups in total. The lowest BCUT2D eigenvalue weighted by Gasteiger charge is -2.38. The number of ether oxygens (including phenoxy) is 3. The molecule has 2 unspecified atom stereocenters. The van der Waals surface area contributed by atoms with Crippen LogP contribution in [0.25, 0.3) is 21.5 Å². The standard InChI is InChI=1S/C31H27F3N4O5S/c1-40-29(39)17-10-18(14-35)26-25(11-17)44-30(36-26)38-19-8-9-20(38)13-21(12-19)41-15-23-27(37-43-28(23)16-6-7-16)22-4-2-3-5-24(22)42-31(32,33)34/h2-5,10-11,16,19-21H,6-9,12-13,15H2,1H3. The molecule has 2 atom stereocenters. The summed E-state index contributed by atoms with van der Waals surface area (Å²) in [5.74, 6) is 0.00263. The molecule has 2 saturated heterocycles. The second-order valence-electron chi connectivity index (χ2n) is 11.4. The van der Waals surface area contributed by atoms with Crippen LogP contribution in [0.1, 0.15) is 71.7 Å². The fourth-order valence-electron chi connectivity index (χ4n) is 6.44. The van der Waals surface area contributed by atoms with Crippen LogP contribution in [-0.4, -0.2) is 47.8 Å². The Bertz CT molecular complexity index is 1760. The molecule has 13 heteroatoms. The van der Waals surface area contributed by atoms with Gasteiger partial charge < -0.3 is 23.6 Å². The van der Waals surface area contributed by atoms with Crippen molar-refractivity contribution in [2.45, 2.75) is 75.6 Å². The van der Waals surface area contributed by atoms with Crippen LogP contribution in [0.2, 0.25) is 0 Å². The molecule has 44 heavy (non-hydrogen) atoms. The first-order valence-electron chi connectivity index (χ1n) is 14.4. The number of nitrogens with zero attached hydrogens (tertiary/aromatic N) is 4. The summed E-state index contributed by atoms with van der Waals surface area (Å²) in [5, 5.41) is 14.7. The number of alkyl halides is 3. The summed E-state index contributed by atoms with van der Waals surface area (Å²) in [6.45, 7) is 0.165. The lowest BCUT2D eigenvalue weighted by atomic mass is 10.00. The monoisotopic (exact) mass is 624 g/mol. The Labute approximate surface area is 254 Å². The number of nitriles is 1. The van der Waals surface area contributed by atoms with Gasteiger partial charge in [0.05, 0.1) is 35.6 Å². The van der Waals surface area contributed by atoms with Crippen LogP contribution in [0.3, 0.4) is 0 Å². The van der Waals surface area contributed by atoms with Crippen LogP contribution < -0.4 is 9.64 Å². The molecule has 1 aliphatic carbocycles. The minimum Gasteiger partial charge on any atom is -0.465 e. The summed E-state index contributed by atoms with van der Waals surface area (Å²) >= 11 is 1.45. The van der Waals surface area contributed by atoms with E-state index in [1.54, 1.807) is 18.2 Å². The number of para-hydroxylation sites is 1. The molecule has 2 aromatic carbocycles. The number of fused-ring (bicyclic) bond motifs is 3. The number of carbonyl (C=O) groups is 1. The average Bonchev–Trinajstić information content (AvgIpc) is 3.52. The van der Waals surface area contributed by atoms with Gasteiger partial charge >= 0.3 is 12.3 Å². The topological polar surface area (TPSA) is 111 Å². The maximum Gasteiger partial charge on any atom is 0.573 e. The number of piperidine rings is 1. The number of anilines is 1. The zero-order valence-electron chi connectivity index (χ0n) is 23.6. The molecule has 1 saturated carbocycles. The number of rotatable bonds is 8. The maximum atomic E-state index is 13.1. The lowest BCUT2D eigenvalue weighted by Crippen LogP contribution is -2.45. The normalized spacial score (nSPS) is 21.4. The van der Waals surface area contributed by atoms with Crippen LogP contribution in [0.5, 0.6) is 5.75 Å². The number of benzene rings is 2. The highest BCUT2D eigenvalue weighted by molar-refractivity contribution is 7.22. The van der Waals surface area contributed by atoms with E-state index in [1.165, 1.54) is 36.6 Å². The van der Waals surface area contributed by atoms with Gasteiger partial charge in [0, 0.05) is 29.1 Å². The van der Waals surface area contributed by atoms with E-state index in [0.717, 1.165) is 48.4 Å². The highest BCUT2D eigenvalue weighted by Gasteiger charge is 2.43. The molecule has 0 spiro atoms. The predicted molar refractivity (Wildman–Crippen MR) is 153 cm³/mol. The number of esters is 1. The van der Waals surface area contributed by atoms with Gasteiger partial charge in [-0.15, -0.1) is 13.2 Å². The summed E-state index contributed by atoms with van der Waals surface area (Å²) in [6.07, 6.45) is 0.376. The van der Waals surface area contributed by atoms with E-state index in [4.69, 9.17) is 19.0 Å². The number of hydrogen-bond donors (Lipinski definition) is 0. The van der Waals surface area contributed by atoms with Crippen molar-refractivity contribution < 1.29 is 36.7 Å². The molecule has 2 aliphatic heterocycles. The van der Waals surface area contributed by atoms with Crippen molar-refractivity contribution in [1.29, 1.82) is 5.26 Å². The van der Waals surface area contributed by atoms with Gasteiger partial charge in [-0.25, -0.2) is 9.78 Å². The quantitative estimate of drug-likeness (QED) is 0.190. The highest BCUT2D eigenvalue weighted by atomic mass is 32.1. The third-order valence-corrected chi connectivity index (χ3v) is 9.55. The zero-order chi connectivity index (χ0) is 30.6. The molecule has 4 aromatic rings. The van der Waals surface area contributed by atoms with Crippen molar-refractivity contribution in [3.05, 3.63) is 58.8 Å². The van der Waals surface area contributed by atoms with Crippen LogP contribution in [0.15, 0.2) is 40.9 Å². The Hall–Kier alpha value is -4.15. The van der Waals surface area contributed by atoms with Crippen molar-refractivity contribution in [3.8, 4) is 23.1 Å². The molecule has 0 radical (unpaired) electrons. The van der Waals surface area contributed by atoms with E-state index in [1.807, 2.05) is 0 Å². The van der Waals surface area contributed by atoms with E-state index in [9.17, 15) is 23.2 Å². The second-order valence-corrected chi connectivity index (χ2v) is 12.4. The molecular formula is C31H27F3N4O5S. The van der Waals surface area contributed by atoms with Gasteiger partial charge in [-0.2, -0.15) is 5.26 Å². The SMILES string of the molecule is COC(=O)c1cc(C#N)c2nc(N3C4CCC3CC(OCc3c(-c5ccccc5OC(F)(F)F)noc3C3CC3)C4)sc2c1. The number of carbonyl (C=O) groups excluding carboxylic acids is 1. The number of aromatic nitrogens is 2. The van der Waals surface area contributed by atoms with Crippen LogP contribution in [-0.2, 0) is 16.1 Å². The second kappa shape index (κ2) is 11.1. The third kappa shape index (κ3) is 5.37. The number of thiazole rings is 1. The van der Waals surface area contributed by atoms with Crippen molar-refractivity contribution >= 4 is 32.7 Å². The lowest BCUT2D eigenvalue weighted by molar-refractivity contribution is -0.274. The first kappa shape index (κ1) is 28.6.